The molecule has 9 rings (SSSR count). The molecular weight excluding hydrogens is 957 g/mol. The van der Waals surface area contributed by atoms with Gasteiger partial charge in [-0.05, 0) is 84.1 Å². The van der Waals surface area contributed by atoms with Gasteiger partial charge in [0.1, 0.15) is 13.2 Å². The summed E-state index contributed by atoms with van der Waals surface area (Å²) in [7, 11) is 3.01. The molecular formula is C54H54N6O12S. The third kappa shape index (κ3) is 10.5. The monoisotopic (exact) mass is 1010 g/mol. The van der Waals surface area contributed by atoms with E-state index in [1.54, 1.807) is 36.1 Å². The van der Waals surface area contributed by atoms with Gasteiger partial charge in [-0.25, -0.2) is 9.86 Å². The van der Waals surface area contributed by atoms with Crippen LogP contribution in [0.1, 0.15) is 81.1 Å². The molecule has 18 nitrogen and oxygen atoms in total. The number of carbonyl (C=O) groups is 6. The maximum absolute atomic E-state index is 14.1. The van der Waals surface area contributed by atoms with Crippen LogP contribution in [0.5, 0.6) is 23.0 Å². The van der Waals surface area contributed by atoms with Gasteiger partial charge in [0.15, 0.2) is 23.0 Å². The maximum Gasteiger partial charge on any atom is 0.335 e. The summed E-state index contributed by atoms with van der Waals surface area (Å²) < 4.78 is 24.4. The van der Waals surface area contributed by atoms with Crippen molar-refractivity contribution in [2.75, 3.05) is 49.0 Å². The lowest BCUT2D eigenvalue weighted by Crippen LogP contribution is -2.39. The van der Waals surface area contributed by atoms with Gasteiger partial charge in [-0.1, -0.05) is 55.5 Å². The van der Waals surface area contributed by atoms with Crippen LogP contribution >= 0.6 is 11.8 Å². The summed E-state index contributed by atoms with van der Waals surface area (Å²) in [5.74, 6) is -1.51. The molecule has 5 aromatic rings. The Morgan fingerprint density at radius 1 is 0.822 bits per heavy atom. The Hall–Kier alpha value is -7.90. The SMILES string of the molecule is C=Nc1cc(OCc2cc(COc3cc4c(cc3OC)C(=O)N3c5ccccc5C[C@H]3CN4)cc(CSC(CC)C(=O)N(O)CCC(=O)ON3C(=O)CCC3=O)c2)c(OC)cc1C(=O)N1CCc2ccccc21. The number of hydrogen-bond acceptors (Lipinski definition) is 15. The molecule has 2 atom stereocenters. The second kappa shape index (κ2) is 21.8. The minimum atomic E-state index is -0.947. The molecule has 378 valence electrons. The van der Waals surface area contributed by atoms with Crippen LogP contribution in [0.15, 0.2) is 96.0 Å². The first-order valence-electron chi connectivity index (χ1n) is 23.9. The van der Waals surface area contributed by atoms with Crippen molar-refractivity contribution in [1.29, 1.82) is 0 Å². The van der Waals surface area contributed by atoms with E-state index in [4.69, 9.17) is 23.8 Å². The zero-order chi connectivity index (χ0) is 51.3. The predicted octanol–water partition coefficient (Wildman–Crippen LogP) is 7.62. The Balaban J connectivity index is 0.938. The highest BCUT2D eigenvalue weighted by atomic mass is 32.2. The molecule has 5 amide bonds. The molecule has 0 aromatic heterocycles. The number of nitrogens with zero attached hydrogens (tertiary/aromatic N) is 5. The molecule has 0 radical (unpaired) electrons. The first-order chi connectivity index (χ1) is 35.4. The van der Waals surface area contributed by atoms with Gasteiger partial charge in [0.2, 0.25) is 0 Å². The zero-order valence-electron chi connectivity index (χ0n) is 40.6. The van der Waals surface area contributed by atoms with Crippen molar-refractivity contribution in [3.8, 4) is 23.0 Å². The second-order valence-corrected chi connectivity index (χ2v) is 19.0. The average Bonchev–Trinajstić information content (AvgIpc) is 4.09. The molecule has 2 N–H and O–H groups in total. The number of anilines is 3. The molecule has 1 saturated heterocycles. The van der Waals surface area contributed by atoms with Gasteiger partial charge >= 0.3 is 5.97 Å². The molecule has 0 spiro atoms. The van der Waals surface area contributed by atoms with Crippen LogP contribution in [0, 0.1) is 0 Å². The highest BCUT2D eigenvalue weighted by Gasteiger charge is 2.38. The van der Waals surface area contributed by atoms with Crippen LogP contribution in [-0.2, 0) is 55.8 Å². The second-order valence-electron chi connectivity index (χ2n) is 17.8. The summed E-state index contributed by atoms with van der Waals surface area (Å²) >= 11 is 1.28. The normalized spacial score (nSPS) is 15.9. The van der Waals surface area contributed by atoms with Crippen LogP contribution in [0.25, 0.3) is 0 Å². The first-order valence-corrected chi connectivity index (χ1v) is 24.9. The van der Waals surface area contributed by atoms with Crippen molar-refractivity contribution in [3.63, 3.8) is 0 Å². The van der Waals surface area contributed by atoms with E-state index < -0.39 is 41.9 Å². The summed E-state index contributed by atoms with van der Waals surface area (Å²) in [6, 6.07) is 28.1. The number of hydrogen-bond donors (Lipinski definition) is 2. The largest absolute Gasteiger partial charge is 0.493 e. The van der Waals surface area contributed by atoms with Gasteiger partial charge in [-0.2, -0.15) is 0 Å². The third-order valence-corrected chi connectivity index (χ3v) is 14.6. The number of amides is 5. The van der Waals surface area contributed by atoms with E-state index in [1.165, 1.54) is 26.0 Å². The van der Waals surface area contributed by atoms with Gasteiger partial charge in [-0.3, -0.25) is 34.2 Å². The van der Waals surface area contributed by atoms with Gasteiger partial charge < -0.3 is 38.9 Å². The van der Waals surface area contributed by atoms with Gasteiger partial charge in [0.25, 0.3) is 29.5 Å². The number of nitrogens with one attached hydrogen (secondary N) is 1. The van der Waals surface area contributed by atoms with Crippen molar-refractivity contribution in [2.24, 2.45) is 4.99 Å². The fourth-order valence-electron chi connectivity index (χ4n) is 9.48. The van der Waals surface area contributed by atoms with E-state index in [9.17, 15) is 34.0 Å². The predicted molar refractivity (Wildman–Crippen MR) is 272 cm³/mol. The van der Waals surface area contributed by atoms with E-state index in [1.807, 2.05) is 71.6 Å². The molecule has 0 bridgehead atoms. The smallest absolute Gasteiger partial charge is 0.335 e. The minimum Gasteiger partial charge on any atom is -0.493 e. The first kappa shape index (κ1) is 50.1. The summed E-state index contributed by atoms with van der Waals surface area (Å²) in [4.78, 5) is 90.4. The van der Waals surface area contributed by atoms with Crippen molar-refractivity contribution in [2.45, 2.75) is 75.7 Å². The fraction of sp³-hybridized carbons (Fsp3) is 0.315. The molecule has 73 heavy (non-hydrogen) atoms. The van der Waals surface area contributed by atoms with E-state index in [0.29, 0.717) is 80.9 Å². The van der Waals surface area contributed by atoms with Crippen LogP contribution in [0.2, 0.25) is 0 Å². The molecule has 4 aliphatic rings. The number of imide groups is 1. The molecule has 4 heterocycles. The Bertz CT molecular complexity index is 3000. The number of thioether (sulfide) groups is 1. The van der Waals surface area contributed by atoms with Crippen molar-refractivity contribution in [3.05, 3.63) is 130 Å². The van der Waals surface area contributed by atoms with E-state index in [2.05, 4.69) is 17.0 Å². The number of carbonyl (C=O) groups excluding carboxylic acids is 6. The van der Waals surface area contributed by atoms with Crippen molar-refractivity contribution in [1.82, 2.24) is 10.1 Å². The maximum atomic E-state index is 14.1. The summed E-state index contributed by atoms with van der Waals surface area (Å²) in [5.41, 5.74) is 7.90. The lowest BCUT2D eigenvalue weighted by molar-refractivity contribution is -0.199. The molecule has 1 unspecified atom stereocenters. The number of methoxy groups -OCH3 is 2. The van der Waals surface area contributed by atoms with Crippen molar-refractivity contribution >= 4 is 76.7 Å². The Morgan fingerprint density at radius 2 is 1.47 bits per heavy atom. The number of rotatable bonds is 19. The van der Waals surface area contributed by atoms with E-state index in [-0.39, 0.29) is 43.9 Å². The lowest BCUT2D eigenvalue weighted by Gasteiger charge is -2.23. The number of para-hydroxylation sites is 2. The Labute approximate surface area is 425 Å². The molecule has 1 fully saturated rings. The molecule has 5 aromatic carbocycles. The van der Waals surface area contributed by atoms with Crippen molar-refractivity contribution < 1.29 is 57.8 Å². The number of benzene rings is 5. The molecule has 19 heteroatoms. The molecule has 4 aliphatic heterocycles. The number of fused-ring (bicyclic) bond motifs is 5. The van der Waals surface area contributed by atoms with Crippen LogP contribution in [0.4, 0.5) is 22.7 Å². The van der Waals surface area contributed by atoms with Gasteiger partial charge in [0, 0.05) is 55.2 Å². The van der Waals surface area contributed by atoms with Crippen LogP contribution < -0.4 is 34.1 Å². The summed E-state index contributed by atoms with van der Waals surface area (Å²) in [6.45, 7) is 6.28. The van der Waals surface area contributed by atoms with Gasteiger partial charge in [0.05, 0.1) is 61.0 Å². The minimum absolute atomic E-state index is 0.0332. The standard InChI is InChI=1S/C54H54N6O12S/c1-5-48(54(66)58(67)19-17-51(63)72-60-49(61)14-15-50(60)62)73-31-34-21-32(29-70-46-26-40(55-2)38(24-44(46)68-3)52(64)57-18-16-35-10-6-8-12-42(35)57)20-33(22-34)30-71-47-27-41-39(25-45(47)69-4)53(65)59-37(28-56-41)23-36-11-7-9-13-43(36)59/h6-13,20-22,24-27,37,48,56,67H,2,5,14-19,23,28-31H2,1,3-4H3/t37-,48?/m0/s1. The Morgan fingerprint density at radius 3 is 2.15 bits per heavy atom. The summed E-state index contributed by atoms with van der Waals surface area (Å²) in [5, 5.41) is 14.3. The molecule has 0 aliphatic carbocycles. The van der Waals surface area contributed by atoms with E-state index in [0.717, 1.165) is 52.0 Å². The Kier molecular flexibility index (Phi) is 15.0. The van der Waals surface area contributed by atoms with E-state index >= 15 is 0 Å². The topological polar surface area (TPSA) is 206 Å². The number of hydroxylamine groups is 4. The zero-order valence-corrected chi connectivity index (χ0v) is 41.4. The number of aliphatic imine (C=N–C) groups is 1. The van der Waals surface area contributed by atoms with Crippen LogP contribution in [-0.4, -0.2) is 103 Å². The van der Waals surface area contributed by atoms with Gasteiger partial charge in [-0.15, -0.1) is 16.8 Å². The third-order valence-electron chi connectivity index (χ3n) is 13.1. The summed E-state index contributed by atoms with van der Waals surface area (Å²) in [6.07, 6.45) is 1.22. The highest BCUT2D eigenvalue weighted by molar-refractivity contribution is 7.99. The number of ether oxygens (including phenoxy) is 4. The fourth-order valence-corrected chi connectivity index (χ4v) is 10.5. The molecule has 0 saturated carbocycles. The quantitative estimate of drug-likeness (QED) is 0.0353. The highest BCUT2D eigenvalue weighted by Crippen LogP contribution is 2.42. The lowest BCUT2D eigenvalue weighted by atomic mass is 10.1. The average molecular weight is 1010 g/mol. The van der Waals surface area contributed by atoms with Crippen LogP contribution in [0.3, 0.4) is 0 Å².